The van der Waals surface area contributed by atoms with E-state index in [4.69, 9.17) is 15.8 Å². The van der Waals surface area contributed by atoms with E-state index in [1.807, 2.05) is 0 Å². The van der Waals surface area contributed by atoms with E-state index in [2.05, 4.69) is 15.5 Å². The maximum absolute atomic E-state index is 12.2. The maximum Gasteiger partial charge on any atom is 0.339 e. The molecule has 0 unspecified atom stereocenters. The number of hydrogen-bond donors (Lipinski definition) is 1. The van der Waals surface area contributed by atoms with E-state index < -0.39 is 10.1 Å². The van der Waals surface area contributed by atoms with Crippen molar-refractivity contribution in [3.05, 3.63) is 59.1 Å². The van der Waals surface area contributed by atoms with E-state index in [-0.39, 0.29) is 16.6 Å². The topological polar surface area (TPSA) is 97.2 Å². The summed E-state index contributed by atoms with van der Waals surface area (Å²) in [7, 11) is -3.93. The zero-order valence-electron chi connectivity index (χ0n) is 13.1. The van der Waals surface area contributed by atoms with E-state index in [1.54, 1.807) is 12.1 Å². The monoisotopic (exact) mass is 409 g/mol. The van der Waals surface area contributed by atoms with Crippen LogP contribution in [0.4, 0.5) is 0 Å². The fourth-order valence-electron chi connectivity index (χ4n) is 1.91. The first-order valence-electron chi connectivity index (χ1n) is 7.26. The molecule has 10 heteroatoms. The normalized spacial score (nSPS) is 16.2. The third kappa shape index (κ3) is 4.84. The second-order valence-electron chi connectivity index (χ2n) is 5.05. The fraction of sp³-hybridized carbons (Fsp3) is 0.0625. The van der Waals surface area contributed by atoms with Crippen LogP contribution in [0.15, 0.2) is 63.6 Å². The van der Waals surface area contributed by atoms with Crippen LogP contribution in [-0.2, 0) is 14.9 Å². The van der Waals surface area contributed by atoms with Crippen LogP contribution in [0.25, 0.3) is 0 Å². The third-order valence-corrected chi connectivity index (χ3v) is 5.51. The van der Waals surface area contributed by atoms with E-state index in [1.165, 1.54) is 54.4 Å². The molecule has 1 saturated heterocycles. The number of amidine groups is 1. The molecule has 1 amide bonds. The lowest BCUT2D eigenvalue weighted by molar-refractivity contribution is -0.116. The van der Waals surface area contributed by atoms with Crippen LogP contribution < -0.4 is 9.50 Å². The van der Waals surface area contributed by atoms with Crippen LogP contribution in [0, 0.1) is 0 Å². The molecule has 0 radical (unpaired) electrons. The Kier molecular flexibility index (Phi) is 5.60. The lowest BCUT2D eigenvalue weighted by Crippen LogP contribution is -2.19. The Labute approximate surface area is 159 Å². The van der Waals surface area contributed by atoms with Gasteiger partial charge in [0, 0.05) is 5.02 Å². The Bertz CT molecular complexity index is 972. The number of carbonyl (C=O) groups excluding carboxylic acids is 1. The first kappa shape index (κ1) is 18.4. The van der Waals surface area contributed by atoms with Gasteiger partial charge in [-0.15, -0.1) is 5.10 Å². The standard InChI is InChI=1S/C16H12ClN3O4S2/c17-12-3-7-14(8-4-12)26(22,23)24-13-5-1-11(2-6-13)9-18-20-16-19-15(21)10-25-16/h1-9H,10H2,(H,19,20,21). The lowest BCUT2D eigenvalue weighted by atomic mass is 10.2. The van der Waals surface area contributed by atoms with Crippen molar-refractivity contribution in [2.75, 3.05) is 5.75 Å². The van der Waals surface area contributed by atoms with Crippen molar-refractivity contribution in [3.8, 4) is 5.75 Å². The van der Waals surface area contributed by atoms with Gasteiger partial charge in [0.05, 0.1) is 12.0 Å². The van der Waals surface area contributed by atoms with Gasteiger partial charge in [-0.1, -0.05) is 23.4 Å². The molecule has 0 atom stereocenters. The van der Waals surface area contributed by atoms with Gasteiger partial charge in [-0.2, -0.15) is 13.5 Å². The summed E-state index contributed by atoms with van der Waals surface area (Å²) in [4.78, 5) is 11.0. The summed E-state index contributed by atoms with van der Waals surface area (Å²) < 4.78 is 29.5. The highest BCUT2D eigenvalue weighted by Gasteiger charge is 2.17. The predicted octanol–water partition coefficient (Wildman–Crippen LogP) is 2.66. The Balaban J connectivity index is 1.66. The van der Waals surface area contributed by atoms with E-state index >= 15 is 0 Å². The van der Waals surface area contributed by atoms with Crippen LogP contribution in [0.3, 0.4) is 0 Å². The van der Waals surface area contributed by atoms with Crippen molar-refractivity contribution >= 4 is 50.8 Å². The molecule has 2 aromatic rings. The summed E-state index contributed by atoms with van der Waals surface area (Å²) in [5, 5.41) is 11.2. The van der Waals surface area contributed by atoms with Crippen molar-refractivity contribution in [1.29, 1.82) is 0 Å². The molecule has 1 aliphatic heterocycles. The first-order valence-corrected chi connectivity index (χ1v) is 10.0. The zero-order chi connectivity index (χ0) is 18.6. The minimum Gasteiger partial charge on any atom is -0.379 e. The van der Waals surface area contributed by atoms with Crippen molar-refractivity contribution in [2.45, 2.75) is 4.90 Å². The molecule has 1 heterocycles. The first-order chi connectivity index (χ1) is 12.4. The lowest BCUT2D eigenvalue weighted by Gasteiger charge is -2.07. The van der Waals surface area contributed by atoms with Gasteiger partial charge in [-0.05, 0) is 54.1 Å². The summed E-state index contributed by atoms with van der Waals surface area (Å²) in [5.41, 5.74) is 0.694. The number of rotatable bonds is 5. The number of carbonyl (C=O) groups is 1. The molecule has 1 aliphatic rings. The fourth-order valence-corrected chi connectivity index (χ4v) is 3.60. The van der Waals surface area contributed by atoms with Crippen molar-refractivity contribution in [1.82, 2.24) is 5.32 Å². The van der Waals surface area contributed by atoms with Gasteiger partial charge in [-0.3, -0.25) is 4.79 Å². The van der Waals surface area contributed by atoms with Crippen LogP contribution >= 0.6 is 23.4 Å². The number of halogens is 1. The maximum atomic E-state index is 12.2. The van der Waals surface area contributed by atoms with Crippen LogP contribution in [0.2, 0.25) is 5.02 Å². The van der Waals surface area contributed by atoms with Gasteiger partial charge in [0.2, 0.25) is 5.91 Å². The summed E-state index contributed by atoms with van der Waals surface area (Å²) in [6.07, 6.45) is 1.48. The Morgan fingerprint density at radius 1 is 1.12 bits per heavy atom. The average Bonchev–Trinajstić information content (AvgIpc) is 3.02. The Hall–Kier alpha value is -2.36. The molecule has 1 fully saturated rings. The molecule has 26 heavy (non-hydrogen) atoms. The number of benzene rings is 2. The summed E-state index contributed by atoms with van der Waals surface area (Å²) >= 11 is 7.02. The van der Waals surface area contributed by atoms with E-state index in [9.17, 15) is 13.2 Å². The number of thioether (sulfide) groups is 1. The Morgan fingerprint density at radius 3 is 2.42 bits per heavy atom. The molecular formula is C16H12ClN3O4S2. The van der Waals surface area contributed by atoms with Crippen LogP contribution in [-0.4, -0.2) is 31.5 Å². The number of hydrogen-bond acceptors (Lipinski definition) is 7. The second-order valence-corrected chi connectivity index (χ2v) is 7.99. The van der Waals surface area contributed by atoms with E-state index in [0.717, 1.165) is 0 Å². The average molecular weight is 410 g/mol. The van der Waals surface area contributed by atoms with Gasteiger partial charge in [0.1, 0.15) is 10.6 Å². The molecule has 7 nitrogen and oxygen atoms in total. The third-order valence-electron chi connectivity index (χ3n) is 3.13. The van der Waals surface area contributed by atoms with Crippen molar-refractivity contribution < 1.29 is 17.4 Å². The largest absolute Gasteiger partial charge is 0.379 e. The number of nitrogens with zero attached hydrogens (tertiary/aromatic N) is 2. The van der Waals surface area contributed by atoms with Crippen molar-refractivity contribution in [2.24, 2.45) is 10.2 Å². The molecule has 3 rings (SSSR count). The van der Waals surface area contributed by atoms with E-state index in [0.29, 0.717) is 21.5 Å². The summed E-state index contributed by atoms with van der Waals surface area (Å²) in [6, 6.07) is 12.0. The highest BCUT2D eigenvalue weighted by Crippen LogP contribution is 2.20. The smallest absolute Gasteiger partial charge is 0.339 e. The van der Waals surface area contributed by atoms with Gasteiger partial charge in [-0.25, -0.2) is 0 Å². The van der Waals surface area contributed by atoms with Crippen molar-refractivity contribution in [3.63, 3.8) is 0 Å². The Morgan fingerprint density at radius 2 is 1.81 bits per heavy atom. The molecule has 0 aliphatic carbocycles. The van der Waals surface area contributed by atoms with Gasteiger partial charge < -0.3 is 9.50 Å². The minimum absolute atomic E-state index is 0.0134. The molecule has 1 N–H and O–H groups in total. The number of amides is 1. The van der Waals surface area contributed by atoms with Gasteiger partial charge >= 0.3 is 10.1 Å². The van der Waals surface area contributed by atoms with Gasteiger partial charge in [0.25, 0.3) is 0 Å². The minimum atomic E-state index is -3.93. The zero-order valence-corrected chi connectivity index (χ0v) is 15.5. The molecular weight excluding hydrogens is 398 g/mol. The highest BCUT2D eigenvalue weighted by atomic mass is 35.5. The predicted molar refractivity (Wildman–Crippen MR) is 101 cm³/mol. The SMILES string of the molecule is O=C1CSC(=NN=Cc2ccc(OS(=O)(=O)c3ccc(Cl)cc3)cc2)N1. The molecule has 0 bridgehead atoms. The van der Waals surface area contributed by atoms with Crippen LogP contribution in [0.5, 0.6) is 5.75 Å². The summed E-state index contributed by atoms with van der Waals surface area (Å²) in [5.74, 6) is 0.400. The molecule has 0 spiro atoms. The quantitative estimate of drug-likeness (QED) is 0.465. The summed E-state index contributed by atoms with van der Waals surface area (Å²) in [6.45, 7) is 0. The molecule has 0 saturated carbocycles. The van der Waals surface area contributed by atoms with Gasteiger partial charge in [0.15, 0.2) is 5.17 Å². The number of nitrogens with one attached hydrogen (secondary N) is 1. The molecule has 2 aromatic carbocycles. The molecule has 134 valence electrons. The molecule has 0 aromatic heterocycles. The van der Waals surface area contributed by atoms with Crippen LogP contribution in [0.1, 0.15) is 5.56 Å². The highest BCUT2D eigenvalue weighted by molar-refractivity contribution is 8.15. The second kappa shape index (κ2) is 7.90.